The molecule has 106 valence electrons. The van der Waals surface area contributed by atoms with Crippen molar-refractivity contribution in [2.75, 3.05) is 24.6 Å². The van der Waals surface area contributed by atoms with Crippen molar-refractivity contribution in [2.24, 2.45) is 11.0 Å². The Morgan fingerprint density at radius 3 is 3.20 bits per heavy atom. The Hall–Kier alpha value is -2.05. The molecule has 0 N–H and O–H groups in total. The van der Waals surface area contributed by atoms with Gasteiger partial charge in [-0.05, 0) is 29.8 Å². The van der Waals surface area contributed by atoms with Crippen LogP contribution in [0.15, 0.2) is 16.6 Å². The number of amides is 1. The minimum atomic E-state index is -0.421. The summed E-state index contributed by atoms with van der Waals surface area (Å²) in [5.74, 6) is -0.485. The maximum atomic E-state index is 12.0. The first-order valence-electron chi connectivity index (χ1n) is 6.23. The zero-order valence-corrected chi connectivity index (χ0v) is 11.8. The van der Waals surface area contributed by atoms with E-state index in [2.05, 4.69) is 10.0 Å². The van der Waals surface area contributed by atoms with Gasteiger partial charge in [-0.25, -0.2) is 4.79 Å². The van der Waals surface area contributed by atoms with Crippen molar-refractivity contribution >= 4 is 28.2 Å². The van der Waals surface area contributed by atoms with E-state index in [0.717, 1.165) is 0 Å². The molecule has 2 rings (SSSR count). The maximum absolute atomic E-state index is 12.0. The fraction of sp³-hybridized carbons (Fsp3) is 0.500. The summed E-state index contributed by atoms with van der Waals surface area (Å²) in [7, 11) is 0. The van der Waals surface area contributed by atoms with Crippen molar-refractivity contribution in [3.8, 4) is 0 Å². The predicted octanol–water partition coefficient (Wildman–Crippen LogP) is 2.59. The number of thiophene rings is 1. The van der Waals surface area contributed by atoms with Crippen LogP contribution in [0.1, 0.15) is 23.7 Å². The second-order valence-corrected chi connectivity index (χ2v) is 5.24. The van der Waals surface area contributed by atoms with Crippen molar-refractivity contribution in [2.45, 2.75) is 13.3 Å². The van der Waals surface area contributed by atoms with E-state index < -0.39 is 5.97 Å². The molecule has 0 aromatic carbocycles. The number of rotatable bonds is 5. The van der Waals surface area contributed by atoms with Gasteiger partial charge in [-0.2, -0.15) is 0 Å². The van der Waals surface area contributed by atoms with Gasteiger partial charge in [-0.15, -0.1) is 11.3 Å². The van der Waals surface area contributed by atoms with Crippen LogP contribution in [0, 0.1) is 5.92 Å². The molecule has 1 fully saturated rings. The number of nitrogens with zero attached hydrogens (tertiary/aromatic N) is 4. The summed E-state index contributed by atoms with van der Waals surface area (Å²) >= 11 is 1.33. The number of esters is 1. The summed E-state index contributed by atoms with van der Waals surface area (Å²) in [6.07, 6.45) is 0.333. The molecule has 20 heavy (non-hydrogen) atoms. The number of azide groups is 1. The lowest BCUT2D eigenvalue weighted by molar-refractivity contribution is -0.117. The van der Waals surface area contributed by atoms with E-state index in [-0.39, 0.29) is 11.8 Å². The quantitative estimate of drug-likeness (QED) is 0.361. The number of anilines is 1. The normalized spacial score (nSPS) is 17.9. The minimum Gasteiger partial charge on any atom is -0.462 e. The summed E-state index contributed by atoms with van der Waals surface area (Å²) in [5, 5.41) is 5.87. The maximum Gasteiger partial charge on any atom is 0.341 e. The molecule has 1 aliphatic heterocycles. The molecule has 1 saturated heterocycles. The van der Waals surface area contributed by atoms with Crippen LogP contribution in [0.2, 0.25) is 0 Å². The van der Waals surface area contributed by atoms with Gasteiger partial charge in [0.1, 0.15) is 5.00 Å². The number of carbonyl (C=O) groups is 2. The molecule has 2 heterocycles. The number of hydrogen-bond acceptors (Lipinski definition) is 5. The summed E-state index contributed by atoms with van der Waals surface area (Å²) in [6, 6.07) is 1.66. The molecule has 8 heteroatoms. The molecule has 1 unspecified atom stereocenters. The Kier molecular flexibility index (Phi) is 4.60. The van der Waals surface area contributed by atoms with Gasteiger partial charge in [0.25, 0.3) is 0 Å². The number of ether oxygens (including phenoxy) is 1. The Balaban J connectivity index is 2.16. The standard InChI is InChI=1S/C12H14N4O3S/c1-2-19-12(18)9-3-4-20-11(9)16-7-8(5-10(16)17)6-14-15-13/h3-4,8H,2,5-7H2,1H3. The first kappa shape index (κ1) is 14.4. The molecular weight excluding hydrogens is 280 g/mol. The lowest BCUT2D eigenvalue weighted by atomic mass is 10.1. The molecule has 7 nitrogen and oxygen atoms in total. The van der Waals surface area contributed by atoms with Gasteiger partial charge >= 0.3 is 5.97 Å². The Morgan fingerprint density at radius 1 is 1.70 bits per heavy atom. The van der Waals surface area contributed by atoms with Gasteiger partial charge in [0.15, 0.2) is 0 Å². The monoisotopic (exact) mass is 294 g/mol. The Bertz CT molecular complexity index is 565. The van der Waals surface area contributed by atoms with E-state index in [1.165, 1.54) is 11.3 Å². The molecular formula is C12H14N4O3S. The van der Waals surface area contributed by atoms with Crippen LogP contribution in [-0.4, -0.2) is 31.6 Å². The average Bonchev–Trinajstić information content (AvgIpc) is 3.02. The zero-order chi connectivity index (χ0) is 14.5. The third-order valence-electron chi connectivity index (χ3n) is 2.99. The van der Waals surface area contributed by atoms with Crippen LogP contribution < -0.4 is 4.90 Å². The third-order valence-corrected chi connectivity index (χ3v) is 3.93. The number of hydrogen-bond donors (Lipinski definition) is 0. The minimum absolute atomic E-state index is 0.00412. The van der Waals surface area contributed by atoms with Gasteiger partial charge < -0.3 is 9.64 Å². The molecule has 1 aromatic heterocycles. The lowest BCUT2D eigenvalue weighted by Gasteiger charge is -2.16. The highest BCUT2D eigenvalue weighted by Crippen LogP contribution is 2.33. The first-order chi connectivity index (χ1) is 9.67. The highest BCUT2D eigenvalue weighted by atomic mass is 32.1. The largest absolute Gasteiger partial charge is 0.462 e. The van der Waals surface area contributed by atoms with Crippen LogP contribution in [0.4, 0.5) is 5.00 Å². The molecule has 0 spiro atoms. The van der Waals surface area contributed by atoms with Gasteiger partial charge in [0.05, 0.1) is 12.2 Å². The van der Waals surface area contributed by atoms with Crippen molar-refractivity contribution in [3.05, 3.63) is 27.5 Å². The smallest absolute Gasteiger partial charge is 0.341 e. The Labute approximate surface area is 119 Å². The van der Waals surface area contributed by atoms with Crippen molar-refractivity contribution in [3.63, 3.8) is 0 Å². The van der Waals surface area contributed by atoms with Crippen LogP contribution in [0.5, 0.6) is 0 Å². The van der Waals surface area contributed by atoms with Crippen molar-refractivity contribution < 1.29 is 14.3 Å². The average molecular weight is 294 g/mol. The highest BCUT2D eigenvalue weighted by molar-refractivity contribution is 7.14. The number of carbonyl (C=O) groups excluding carboxylic acids is 2. The summed E-state index contributed by atoms with van der Waals surface area (Å²) in [4.78, 5) is 28.1. The third kappa shape index (κ3) is 2.92. The second-order valence-electron chi connectivity index (χ2n) is 4.35. The van der Waals surface area contributed by atoms with Crippen LogP contribution in [0.3, 0.4) is 0 Å². The molecule has 1 atom stereocenters. The summed E-state index contributed by atoms with van der Waals surface area (Å²) in [6.45, 7) is 2.78. The van der Waals surface area contributed by atoms with E-state index in [1.807, 2.05) is 0 Å². The molecule has 1 aliphatic rings. The van der Waals surface area contributed by atoms with Gasteiger partial charge in [-0.3, -0.25) is 4.79 Å². The topological polar surface area (TPSA) is 95.4 Å². The van der Waals surface area contributed by atoms with Crippen LogP contribution in [-0.2, 0) is 9.53 Å². The van der Waals surface area contributed by atoms with Crippen LogP contribution >= 0.6 is 11.3 Å². The predicted molar refractivity (Wildman–Crippen MR) is 74.7 cm³/mol. The molecule has 1 amide bonds. The summed E-state index contributed by atoms with van der Waals surface area (Å²) < 4.78 is 4.98. The van der Waals surface area contributed by atoms with Gasteiger partial charge in [0.2, 0.25) is 5.91 Å². The Morgan fingerprint density at radius 2 is 2.50 bits per heavy atom. The van der Waals surface area contributed by atoms with E-state index in [1.54, 1.807) is 23.3 Å². The van der Waals surface area contributed by atoms with Crippen molar-refractivity contribution in [1.29, 1.82) is 0 Å². The fourth-order valence-electron chi connectivity index (χ4n) is 2.13. The SMILES string of the molecule is CCOC(=O)c1ccsc1N1CC(CN=[N+]=[N-])CC1=O. The lowest BCUT2D eigenvalue weighted by Crippen LogP contribution is -2.25. The molecule has 1 aromatic rings. The van der Waals surface area contributed by atoms with Crippen molar-refractivity contribution in [1.82, 2.24) is 0 Å². The summed E-state index contributed by atoms with van der Waals surface area (Å²) in [5.41, 5.74) is 8.73. The molecule has 0 radical (unpaired) electrons. The molecule has 0 saturated carbocycles. The van der Waals surface area contributed by atoms with E-state index in [0.29, 0.717) is 36.7 Å². The molecule has 0 bridgehead atoms. The fourth-order valence-corrected chi connectivity index (χ4v) is 3.04. The van der Waals surface area contributed by atoms with E-state index in [4.69, 9.17) is 10.3 Å². The van der Waals surface area contributed by atoms with Gasteiger partial charge in [-0.1, -0.05) is 5.11 Å². The molecule has 0 aliphatic carbocycles. The van der Waals surface area contributed by atoms with Crippen LogP contribution in [0.25, 0.3) is 10.4 Å². The second kappa shape index (κ2) is 6.40. The highest BCUT2D eigenvalue weighted by Gasteiger charge is 2.33. The first-order valence-corrected chi connectivity index (χ1v) is 7.11. The zero-order valence-electron chi connectivity index (χ0n) is 11.0. The van der Waals surface area contributed by atoms with E-state index in [9.17, 15) is 9.59 Å². The van der Waals surface area contributed by atoms with E-state index >= 15 is 0 Å². The van der Waals surface area contributed by atoms with Gasteiger partial charge in [0, 0.05) is 24.4 Å².